The lowest BCUT2D eigenvalue weighted by Crippen LogP contribution is -2.21. The Morgan fingerprint density at radius 3 is 2.52 bits per heavy atom. The van der Waals surface area contributed by atoms with E-state index in [4.69, 9.17) is 10.5 Å². The van der Waals surface area contributed by atoms with Gasteiger partial charge in [-0.15, -0.1) is 0 Å². The van der Waals surface area contributed by atoms with Crippen LogP contribution in [0.15, 0.2) is 66.1 Å². The van der Waals surface area contributed by atoms with E-state index in [2.05, 4.69) is 6.07 Å². The van der Waals surface area contributed by atoms with Crippen LogP contribution >= 0.6 is 0 Å². The molecule has 1 heterocycles. The zero-order valence-electron chi connectivity index (χ0n) is 13.7. The number of aromatic hydroxyl groups is 1. The number of fused-ring (bicyclic) bond motifs is 3. The molecular formula is C21H16N2O2. The summed E-state index contributed by atoms with van der Waals surface area (Å²) in [4.78, 5) is 0. The number of nitriles is 1. The smallest absolute Gasteiger partial charge is 0.205 e. The van der Waals surface area contributed by atoms with Gasteiger partial charge in [0.25, 0.3) is 0 Å². The Hall–Kier alpha value is -3.45. The molecule has 4 heteroatoms. The average molecular weight is 328 g/mol. The Morgan fingerprint density at radius 1 is 1.08 bits per heavy atom. The van der Waals surface area contributed by atoms with Crippen molar-refractivity contribution in [2.24, 2.45) is 5.73 Å². The van der Waals surface area contributed by atoms with Crippen molar-refractivity contribution in [2.75, 3.05) is 0 Å². The second-order valence-electron chi connectivity index (χ2n) is 6.22. The molecule has 3 aromatic rings. The lowest BCUT2D eigenvalue weighted by atomic mass is 9.81. The van der Waals surface area contributed by atoms with Crippen LogP contribution in [0.1, 0.15) is 22.6 Å². The van der Waals surface area contributed by atoms with Gasteiger partial charge in [-0.3, -0.25) is 0 Å². The second kappa shape index (κ2) is 5.57. The van der Waals surface area contributed by atoms with E-state index in [1.165, 1.54) is 0 Å². The predicted molar refractivity (Wildman–Crippen MR) is 96.1 cm³/mol. The van der Waals surface area contributed by atoms with Crippen molar-refractivity contribution in [3.8, 4) is 17.6 Å². The number of aryl methyl sites for hydroxylation is 1. The van der Waals surface area contributed by atoms with Gasteiger partial charge in [-0.2, -0.15) is 5.26 Å². The number of nitrogens with zero attached hydrogens (tertiary/aromatic N) is 1. The van der Waals surface area contributed by atoms with Gasteiger partial charge < -0.3 is 15.6 Å². The molecule has 0 spiro atoms. The van der Waals surface area contributed by atoms with Crippen molar-refractivity contribution in [3.05, 3.63) is 82.7 Å². The first kappa shape index (κ1) is 15.1. The van der Waals surface area contributed by atoms with Gasteiger partial charge in [-0.1, -0.05) is 42.0 Å². The summed E-state index contributed by atoms with van der Waals surface area (Å²) in [7, 11) is 0. The van der Waals surface area contributed by atoms with Gasteiger partial charge in [0.05, 0.1) is 5.92 Å². The molecule has 1 aliphatic rings. The first-order valence-corrected chi connectivity index (χ1v) is 7.98. The lowest BCUT2D eigenvalue weighted by molar-refractivity contribution is 0.395. The Labute approximate surface area is 145 Å². The molecule has 4 nitrogen and oxygen atoms in total. The van der Waals surface area contributed by atoms with Crippen LogP contribution < -0.4 is 10.5 Å². The van der Waals surface area contributed by atoms with Crippen molar-refractivity contribution in [1.29, 1.82) is 5.26 Å². The van der Waals surface area contributed by atoms with Gasteiger partial charge >= 0.3 is 0 Å². The highest BCUT2D eigenvalue weighted by atomic mass is 16.5. The SMILES string of the molecule is Cc1ccc(C2C(C#N)=C(N)Oc3ccc4ccc(O)cc4c32)cc1. The third kappa shape index (κ3) is 2.38. The van der Waals surface area contributed by atoms with Crippen molar-refractivity contribution >= 4 is 10.8 Å². The molecule has 1 aliphatic heterocycles. The minimum Gasteiger partial charge on any atom is -0.508 e. The molecular weight excluding hydrogens is 312 g/mol. The summed E-state index contributed by atoms with van der Waals surface area (Å²) in [5.74, 6) is 0.574. The van der Waals surface area contributed by atoms with Gasteiger partial charge in [0, 0.05) is 5.56 Å². The summed E-state index contributed by atoms with van der Waals surface area (Å²) in [6.07, 6.45) is 0. The molecule has 0 fully saturated rings. The Kier molecular flexibility index (Phi) is 3.36. The molecule has 4 rings (SSSR count). The zero-order chi connectivity index (χ0) is 17.6. The van der Waals surface area contributed by atoms with E-state index in [0.29, 0.717) is 11.3 Å². The maximum absolute atomic E-state index is 9.96. The highest BCUT2D eigenvalue weighted by molar-refractivity contribution is 5.91. The molecule has 0 amide bonds. The number of rotatable bonds is 1. The molecule has 0 saturated carbocycles. The third-order valence-corrected chi connectivity index (χ3v) is 4.60. The van der Waals surface area contributed by atoms with Gasteiger partial charge in [-0.25, -0.2) is 0 Å². The zero-order valence-corrected chi connectivity index (χ0v) is 13.7. The summed E-state index contributed by atoms with van der Waals surface area (Å²) in [5, 5.41) is 21.5. The number of phenolic OH excluding ortho intramolecular Hbond substituents is 1. The van der Waals surface area contributed by atoms with Crippen molar-refractivity contribution in [1.82, 2.24) is 0 Å². The van der Waals surface area contributed by atoms with Crippen LogP contribution in [0.5, 0.6) is 11.5 Å². The number of ether oxygens (including phenoxy) is 1. The molecule has 0 saturated heterocycles. The fourth-order valence-electron chi connectivity index (χ4n) is 3.37. The molecule has 3 aromatic carbocycles. The van der Waals surface area contributed by atoms with Gasteiger partial charge in [0.2, 0.25) is 5.88 Å². The van der Waals surface area contributed by atoms with Gasteiger partial charge in [0.1, 0.15) is 23.1 Å². The predicted octanol–water partition coefficient (Wildman–Crippen LogP) is 4.07. The van der Waals surface area contributed by atoms with Crippen molar-refractivity contribution < 1.29 is 9.84 Å². The number of phenols is 1. The Balaban J connectivity index is 2.06. The van der Waals surface area contributed by atoms with Crippen molar-refractivity contribution in [2.45, 2.75) is 12.8 Å². The van der Waals surface area contributed by atoms with E-state index in [0.717, 1.165) is 27.5 Å². The first-order chi connectivity index (χ1) is 12.1. The van der Waals surface area contributed by atoms with Crippen LogP contribution in [0.2, 0.25) is 0 Å². The number of nitrogens with two attached hydrogens (primary N) is 1. The molecule has 1 unspecified atom stereocenters. The fourth-order valence-corrected chi connectivity index (χ4v) is 3.37. The monoisotopic (exact) mass is 328 g/mol. The maximum atomic E-state index is 9.96. The van der Waals surface area contributed by atoms with Crippen LogP contribution in [0.25, 0.3) is 10.8 Å². The van der Waals surface area contributed by atoms with Gasteiger partial charge in [-0.05, 0) is 41.5 Å². The van der Waals surface area contributed by atoms with E-state index < -0.39 is 0 Å². The quantitative estimate of drug-likeness (QED) is 0.705. The summed E-state index contributed by atoms with van der Waals surface area (Å²) in [6.45, 7) is 2.02. The summed E-state index contributed by atoms with van der Waals surface area (Å²) >= 11 is 0. The number of hydrogen-bond acceptors (Lipinski definition) is 4. The third-order valence-electron chi connectivity index (χ3n) is 4.60. The van der Waals surface area contributed by atoms with E-state index >= 15 is 0 Å². The summed E-state index contributed by atoms with van der Waals surface area (Å²) in [6, 6.07) is 19.2. The molecule has 0 radical (unpaired) electrons. The largest absolute Gasteiger partial charge is 0.508 e. The minimum absolute atomic E-state index is 0.125. The number of benzene rings is 3. The summed E-state index contributed by atoms with van der Waals surface area (Å²) < 4.78 is 5.71. The lowest BCUT2D eigenvalue weighted by Gasteiger charge is -2.28. The molecule has 122 valence electrons. The summed E-state index contributed by atoms with van der Waals surface area (Å²) in [5.41, 5.74) is 9.36. The van der Waals surface area contributed by atoms with Crippen LogP contribution in [-0.4, -0.2) is 5.11 Å². The highest BCUT2D eigenvalue weighted by Crippen LogP contribution is 2.46. The molecule has 25 heavy (non-hydrogen) atoms. The normalized spacial score (nSPS) is 16.2. The molecule has 0 bridgehead atoms. The van der Waals surface area contributed by atoms with E-state index in [-0.39, 0.29) is 17.6 Å². The average Bonchev–Trinajstić information content (AvgIpc) is 2.61. The van der Waals surface area contributed by atoms with Crippen molar-refractivity contribution in [3.63, 3.8) is 0 Å². The molecule has 1 atom stereocenters. The van der Waals surface area contributed by atoms with E-state index in [9.17, 15) is 10.4 Å². The number of hydrogen-bond donors (Lipinski definition) is 2. The Bertz CT molecular complexity index is 1060. The van der Waals surface area contributed by atoms with Crippen LogP contribution in [-0.2, 0) is 0 Å². The van der Waals surface area contributed by atoms with Crippen LogP contribution in [0, 0.1) is 18.3 Å². The van der Waals surface area contributed by atoms with E-state index in [1.807, 2.05) is 49.4 Å². The highest BCUT2D eigenvalue weighted by Gasteiger charge is 2.32. The topological polar surface area (TPSA) is 79.3 Å². The number of allylic oxidation sites excluding steroid dienone is 1. The van der Waals surface area contributed by atoms with E-state index in [1.54, 1.807) is 12.1 Å². The molecule has 0 aromatic heterocycles. The van der Waals surface area contributed by atoms with Gasteiger partial charge in [0.15, 0.2) is 0 Å². The molecule has 3 N–H and O–H groups in total. The fraction of sp³-hybridized carbons (Fsp3) is 0.0952. The minimum atomic E-state index is -0.333. The van der Waals surface area contributed by atoms with Crippen LogP contribution in [0.3, 0.4) is 0 Å². The standard InChI is InChI=1S/C21H16N2O2/c1-12-2-4-14(5-3-12)19-17(11-22)21(23)25-18-9-7-13-6-8-15(24)10-16(13)20(18)19/h2-10,19,24H,23H2,1H3. The molecule has 0 aliphatic carbocycles. The Morgan fingerprint density at radius 2 is 1.80 bits per heavy atom. The second-order valence-corrected chi connectivity index (χ2v) is 6.22. The first-order valence-electron chi connectivity index (χ1n) is 7.98. The maximum Gasteiger partial charge on any atom is 0.205 e. The van der Waals surface area contributed by atoms with Crippen LogP contribution in [0.4, 0.5) is 0 Å².